The van der Waals surface area contributed by atoms with Gasteiger partial charge in [0.1, 0.15) is 5.75 Å². The van der Waals surface area contributed by atoms with Crippen molar-refractivity contribution in [1.29, 1.82) is 0 Å². The van der Waals surface area contributed by atoms with Crippen LogP contribution < -0.4 is 9.64 Å². The molecule has 1 atom stereocenters. The van der Waals surface area contributed by atoms with Crippen LogP contribution in [0.2, 0.25) is 5.02 Å². The lowest BCUT2D eigenvalue weighted by Gasteiger charge is -2.24. The number of rotatable bonds is 1. The average molecular weight is 339 g/mol. The van der Waals surface area contributed by atoms with Gasteiger partial charge in [0.15, 0.2) is 6.23 Å². The summed E-state index contributed by atoms with van der Waals surface area (Å²) >= 11 is 9.68. The fraction of sp³-hybridized carbons (Fsp3) is 0.200. The number of halogens is 2. The number of anilines is 2. The van der Waals surface area contributed by atoms with Gasteiger partial charge in [0.05, 0.1) is 5.69 Å². The number of fused-ring (bicyclic) bond motifs is 1. The summed E-state index contributed by atoms with van der Waals surface area (Å²) in [4.78, 5) is 2.17. The van der Waals surface area contributed by atoms with Gasteiger partial charge < -0.3 is 9.64 Å². The number of ether oxygens (including phenoxy) is 1. The zero-order valence-corrected chi connectivity index (χ0v) is 13.0. The lowest BCUT2D eigenvalue weighted by molar-refractivity contribution is 0.256. The van der Waals surface area contributed by atoms with Gasteiger partial charge >= 0.3 is 0 Å². The van der Waals surface area contributed by atoms with Crippen LogP contribution in [0.5, 0.6) is 5.75 Å². The van der Waals surface area contributed by atoms with Crippen LogP contribution in [0.15, 0.2) is 40.9 Å². The summed E-state index contributed by atoms with van der Waals surface area (Å²) < 4.78 is 6.92. The van der Waals surface area contributed by atoms with Crippen molar-refractivity contribution in [1.82, 2.24) is 0 Å². The molecule has 0 bridgehead atoms. The minimum atomic E-state index is -0.0403. The van der Waals surface area contributed by atoms with Crippen LogP contribution >= 0.6 is 27.5 Å². The number of hydrogen-bond donors (Lipinski definition) is 0. The standard InChI is InChI=1S/C15H13BrClNO/c1-9-12(17)4-3-5-13(9)18-10(2)19-15-8-11(16)6-7-14(15)18/h3-8,10H,1-2H3. The van der Waals surface area contributed by atoms with E-state index in [9.17, 15) is 0 Å². The van der Waals surface area contributed by atoms with Crippen molar-refractivity contribution in [3.05, 3.63) is 51.5 Å². The maximum Gasteiger partial charge on any atom is 0.173 e. The van der Waals surface area contributed by atoms with Gasteiger partial charge in [-0.15, -0.1) is 0 Å². The lowest BCUT2D eigenvalue weighted by atomic mass is 10.1. The smallest absolute Gasteiger partial charge is 0.173 e. The van der Waals surface area contributed by atoms with Crippen molar-refractivity contribution < 1.29 is 4.74 Å². The Kier molecular flexibility index (Phi) is 3.19. The first-order valence-corrected chi connectivity index (χ1v) is 7.25. The molecule has 2 aromatic rings. The van der Waals surface area contributed by atoms with Crippen LogP contribution in [-0.2, 0) is 0 Å². The molecule has 0 spiro atoms. The molecule has 0 aromatic heterocycles. The Morgan fingerprint density at radius 2 is 2.00 bits per heavy atom. The van der Waals surface area contributed by atoms with Crippen molar-refractivity contribution in [3.63, 3.8) is 0 Å². The molecule has 4 heteroatoms. The highest BCUT2D eigenvalue weighted by Gasteiger charge is 2.30. The van der Waals surface area contributed by atoms with Crippen molar-refractivity contribution in [2.45, 2.75) is 20.1 Å². The van der Waals surface area contributed by atoms with E-state index < -0.39 is 0 Å². The van der Waals surface area contributed by atoms with Crippen LogP contribution in [0.1, 0.15) is 12.5 Å². The first-order valence-electron chi connectivity index (χ1n) is 6.08. The highest BCUT2D eigenvalue weighted by Crippen LogP contribution is 2.44. The number of hydrogen-bond acceptors (Lipinski definition) is 2. The highest BCUT2D eigenvalue weighted by molar-refractivity contribution is 9.10. The third-order valence-corrected chi connectivity index (χ3v) is 4.24. The molecule has 3 rings (SSSR count). The molecule has 19 heavy (non-hydrogen) atoms. The summed E-state index contributed by atoms with van der Waals surface area (Å²) in [5, 5.41) is 0.773. The Labute approximate surface area is 126 Å². The molecule has 0 fully saturated rings. The monoisotopic (exact) mass is 337 g/mol. The van der Waals surface area contributed by atoms with Gasteiger partial charge in [0.2, 0.25) is 0 Å². The Morgan fingerprint density at radius 3 is 2.79 bits per heavy atom. The largest absolute Gasteiger partial charge is 0.468 e. The third kappa shape index (κ3) is 2.11. The molecule has 1 aliphatic rings. The van der Waals surface area contributed by atoms with E-state index in [1.54, 1.807) is 0 Å². The second kappa shape index (κ2) is 4.73. The fourth-order valence-electron chi connectivity index (χ4n) is 2.40. The van der Waals surface area contributed by atoms with E-state index in [1.165, 1.54) is 0 Å². The molecular formula is C15H13BrClNO. The quantitative estimate of drug-likeness (QED) is 0.700. The summed E-state index contributed by atoms with van der Waals surface area (Å²) in [6, 6.07) is 12.0. The van der Waals surface area contributed by atoms with Gasteiger partial charge in [-0.2, -0.15) is 0 Å². The Bertz CT molecular complexity index is 644. The second-order valence-corrected chi connectivity index (χ2v) is 5.91. The van der Waals surface area contributed by atoms with E-state index >= 15 is 0 Å². The van der Waals surface area contributed by atoms with E-state index in [4.69, 9.17) is 16.3 Å². The van der Waals surface area contributed by atoms with Gasteiger partial charge in [-0.1, -0.05) is 33.6 Å². The summed E-state index contributed by atoms with van der Waals surface area (Å²) in [6.07, 6.45) is -0.0403. The molecular weight excluding hydrogens is 326 g/mol. The molecule has 2 aromatic carbocycles. The van der Waals surface area contributed by atoms with E-state index in [1.807, 2.05) is 38.1 Å². The lowest BCUT2D eigenvalue weighted by Crippen LogP contribution is -2.27. The third-order valence-electron chi connectivity index (χ3n) is 3.34. The molecule has 98 valence electrons. The Balaban J connectivity index is 2.14. The van der Waals surface area contributed by atoms with Crippen molar-refractivity contribution in [2.24, 2.45) is 0 Å². The molecule has 2 nitrogen and oxygen atoms in total. The maximum absolute atomic E-state index is 6.22. The maximum atomic E-state index is 6.22. The summed E-state index contributed by atoms with van der Waals surface area (Å²) in [6.45, 7) is 4.06. The molecule has 0 N–H and O–H groups in total. The topological polar surface area (TPSA) is 12.5 Å². The zero-order chi connectivity index (χ0) is 13.6. The van der Waals surface area contributed by atoms with Crippen LogP contribution in [0.4, 0.5) is 11.4 Å². The summed E-state index contributed by atoms with van der Waals surface area (Å²) in [5.41, 5.74) is 3.22. The van der Waals surface area contributed by atoms with E-state index in [-0.39, 0.29) is 6.23 Å². The van der Waals surface area contributed by atoms with Crippen molar-refractivity contribution in [3.8, 4) is 5.75 Å². The molecule has 1 unspecified atom stereocenters. The summed E-state index contributed by atoms with van der Waals surface area (Å²) in [7, 11) is 0. The Morgan fingerprint density at radius 1 is 1.21 bits per heavy atom. The van der Waals surface area contributed by atoms with Crippen LogP contribution in [-0.4, -0.2) is 6.23 Å². The Hall–Kier alpha value is -1.19. The highest BCUT2D eigenvalue weighted by atomic mass is 79.9. The average Bonchev–Trinajstić information content (AvgIpc) is 2.68. The number of nitrogens with zero attached hydrogens (tertiary/aromatic N) is 1. The first kappa shape index (κ1) is 12.8. The van der Waals surface area contributed by atoms with Crippen LogP contribution in [0.3, 0.4) is 0 Å². The second-order valence-electron chi connectivity index (χ2n) is 4.58. The molecule has 0 aliphatic carbocycles. The van der Waals surface area contributed by atoms with E-state index in [0.717, 1.165) is 32.2 Å². The van der Waals surface area contributed by atoms with Crippen LogP contribution in [0.25, 0.3) is 0 Å². The van der Waals surface area contributed by atoms with Crippen LogP contribution in [0, 0.1) is 6.92 Å². The van der Waals surface area contributed by atoms with Gasteiger partial charge in [0, 0.05) is 15.2 Å². The molecule has 1 aliphatic heterocycles. The number of benzene rings is 2. The minimum Gasteiger partial charge on any atom is -0.468 e. The van der Waals surface area contributed by atoms with E-state index in [2.05, 4.69) is 33.0 Å². The van der Waals surface area contributed by atoms with Gasteiger partial charge in [0.25, 0.3) is 0 Å². The molecule has 0 saturated heterocycles. The molecule has 0 saturated carbocycles. The fourth-order valence-corrected chi connectivity index (χ4v) is 2.91. The van der Waals surface area contributed by atoms with Gasteiger partial charge in [-0.05, 0) is 49.7 Å². The molecule has 0 radical (unpaired) electrons. The van der Waals surface area contributed by atoms with Gasteiger partial charge in [-0.3, -0.25) is 0 Å². The van der Waals surface area contributed by atoms with E-state index in [0.29, 0.717) is 0 Å². The zero-order valence-electron chi connectivity index (χ0n) is 10.7. The van der Waals surface area contributed by atoms with Crippen molar-refractivity contribution >= 4 is 38.9 Å². The van der Waals surface area contributed by atoms with Gasteiger partial charge in [-0.25, -0.2) is 0 Å². The first-order chi connectivity index (χ1) is 9.08. The minimum absolute atomic E-state index is 0.0403. The molecule has 0 amide bonds. The molecule has 1 heterocycles. The predicted octanol–water partition coefficient (Wildman–Crippen LogP) is 5.29. The normalized spacial score (nSPS) is 17.3. The summed E-state index contributed by atoms with van der Waals surface area (Å²) in [5.74, 6) is 0.890. The van der Waals surface area contributed by atoms with Crippen molar-refractivity contribution in [2.75, 3.05) is 4.90 Å². The predicted molar refractivity (Wildman–Crippen MR) is 82.6 cm³/mol. The SMILES string of the molecule is Cc1c(Cl)cccc1N1c2ccc(Br)cc2OC1C.